The number of amides is 1. The summed E-state index contributed by atoms with van der Waals surface area (Å²) < 4.78 is 34.5. The van der Waals surface area contributed by atoms with Crippen molar-refractivity contribution in [2.75, 3.05) is 11.9 Å². The number of carbonyl (C=O) groups excluding carboxylic acids is 1. The van der Waals surface area contributed by atoms with Gasteiger partial charge in [0, 0.05) is 5.69 Å². The zero-order valence-corrected chi connectivity index (χ0v) is 21.7. The van der Waals surface area contributed by atoms with Gasteiger partial charge in [-0.3, -0.25) is 4.79 Å². The monoisotopic (exact) mass is 514 g/mol. The second-order valence-corrected chi connectivity index (χ2v) is 10.2. The summed E-state index contributed by atoms with van der Waals surface area (Å²) in [6, 6.07) is 18.4. The van der Waals surface area contributed by atoms with E-state index in [2.05, 4.69) is 10.0 Å². The van der Waals surface area contributed by atoms with Crippen molar-refractivity contribution in [2.24, 2.45) is 0 Å². The third-order valence-electron chi connectivity index (χ3n) is 5.66. The molecule has 8 heteroatoms. The van der Waals surface area contributed by atoms with Crippen molar-refractivity contribution in [3.05, 3.63) is 88.4 Å². The Bertz CT molecular complexity index is 1240. The Morgan fingerprint density at radius 2 is 1.60 bits per heavy atom. The van der Waals surface area contributed by atoms with E-state index in [4.69, 9.17) is 16.3 Å². The lowest BCUT2D eigenvalue weighted by Crippen LogP contribution is -2.45. The molecule has 2 N–H and O–H groups in total. The van der Waals surface area contributed by atoms with Crippen LogP contribution in [0.15, 0.2) is 71.6 Å². The molecule has 0 saturated carbocycles. The molecule has 0 spiro atoms. The summed E-state index contributed by atoms with van der Waals surface area (Å²) in [5.74, 6) is -0.0278. The van der Waals surface area contributed by atoms with Crippen LogP contribution in [0.1, 0.15) is 37.5 Å². The zero-order chi connectivity index (χ0) is 25.4. The Morgan fingerprint density at radius 3 is 2.17 bits per heavy atom. The SMILES string of the molecule is CCOc1ccc(S(=O)(=O)NC(Cc2ccccc2)C(=O)Nc2c(CC)cccc2CC)cc1Cl. The largest absolute Gasteiger partial charge is 0.492 e. The summed E-state index contributed by atoms with van der Waals surface area (Å²) in [6.07, 6.45) is 1.67. The van der Waals surface area contributed by atoms with Crippen LogP contribution in [-0.4, -0.2) is 27.0 Å². The van der Waals surface area contributed by atoms with Crippen LogP contribution in [0.2, 0.25) is 5.02 Å². The van der Waals surface area contributed by atoms with Crippen LogP contribution in [0.4, 0.5) is 5.69 Å². The molecule has 0 aliphatic rings. The molecule has 186 valence electrons. The van der Waals surface area contributed by atoms with Gasteiger partial charge in [-0.1, -0.05) is 74.0 Å². The molecule has 3 aromatic rings. The number of para-hydroxylation sites is 1. The number of ether oxygens (including phenoxy) is 1. The Morgan fingerprint density at radius 1 is 0.943 bits per heavy atom. The molecule has 1 amide bonds. The van der Waals surface area contributed by atoms with E-state index in [1.54, 1.807) is 0 Å². The molecule has 0 saturated heterocycles. The molecule has 6 nitrogen and oxygen atoms in total. The van der Waals surface area contributed by atoms with Crippen molar-refractivity contribution in [1.29, 1.82) is 0 Å². The van der Waals surface area contributed by atoms with Gasteiger partial charge in [-0.05, 0) is 61.1 Å². The van der Waals surface area contributed by atoms with Gasteiger partial charge in [0.15, 0.2) is 0 Å². The van der Waals surface area contributed by atoms with Crippen LogP contribution in [0.3, 0.4) is 0 Å². The molecular weight excluding hydrogens is 484 g/mol. The molecule has 3 aromatic carbocycles. The fourth-order valence-electron chi connectivity index (χ4n) is 3.83. The molecule has 0 fully saturated rings. The molecule has 3 rings (SSSR count). The standard InChI is InChI=1S/C27H31ClN2O4S/c1-4-20-13-10-14-21(5-2)26(20)29-27(31)24(17-19-11-8-7-9-12-19)30-35(32,33)22-15-16-25(34-6-3)23(28)18-22/h7-16,18,24,30H,4-6,17H2,1-3H3,(H,29,31). The van der Waals surface area contributed by atoms with Crippen molar-refractivity contribution >= 4 is 33.2 Å². The van der Waals surface area contributed by atoms with E-state index in [1.807, 2.05) is 69.3 Å². The molecule has 0 aromatic heterocycles. The smallest absolute Gasteiger partial charge is 0.242 e. The van der Waals surface area contributed by atoms with Crippen LogP contribution < -0.4 is 14.8 Å². The molecule has 0 aliphatic heterocycles. The number of nitrogens with one attached hydrogen (secondary N) is 2. The highest BCUT2D eigenvalue weighted by Crippen LogP contribution is 2.28. The quantitative estimate of drug-likeness (QED) is 0.359. The number of halogens is 1. The highest BCUT2D eigenvalue weighted by atomic mass is 35.5. The number of rotatable bonds is 11. The van der Waals surface area contributed by atoms with Gasteiger partial charge in [-0.15, -0.1) is 0 Å². The van der Waals surface area contributed by atoms with Gasteiger partial charge in [-0.25, -0.2) is 8.42 Å². The number of hydrogen-bond donors (Lipinski definition) is 2. The van der Waals surface area contributed by atoms with E-state index < -0.39 is 22.0 Å². The van der Waals surface area contributed by atoms with Crippen LogP contribution in [0, 0.1) is 0 Å². The van der Waals surface area contributed by atoms with E-state index in [9.17, 15) is 13.2 Å². The maximum atomic E-state index is 13.5. The van der Waals surface area contributed by atoms with E-state index in [0.717, 1.165) is 35.2 Å². The molecule has 0 bridgehead atoms. The van der Waals surface area contributed by atoms with Gasteiger partial charge >= 0.3 is 0 Å². The van der Waals surface area contributed by atoms with Crippen LogP contribution in [0.25, 0.3) is 0 Å². The van der Waals surface area contributed by atoms with Crippen molar-refractivity contribution in [3.8, 4) is 5.75 Å². The first kappa shape index (κ1) is 26.7. The first-order chi connectivity index (χ1) is 16.8. The van der Waals surface area contributed by atoms with Crippen molar-refractivity contribution < 1.29 is 17.9 Å². The molecular formula is C27H31ClN2O4S. The summed E-state index contributed by atoms with van der Waals surface area (Å²) >= 11 is 6.22. The number of anilines is 1. The molecule has 0 radical (unpaired) electrons. The van der Waals surface area contributed by atoms with Gasteiger partial charge in [0.1, 0.15) is 11.8 Å². The van der Waals surface area contributed by atoms with Crippen LogP contribution in [0.5, 0.6) is 5.75 Å². The van der Waals surface area contributed by atoms with Crippen molar-refractivity contribution in [2.45, 2.75) is 51.0 Å². The van der Waals surface area contributed by atoms with E-state index >= 15 is 0 Å². The molecule has 0 heterocycles. The van der Waals surface area contributed by atoms with Crippen LogP contribution in [-0.2, 0) is 34.1 Å². The van der Waals surface area contributed by atoms with Crippen LogP contribution >= 0.6 is 11.6 Å². The van der Waals surface area contributed by atoms with Crippen molar-refractivity contribution in [1.82, 2.24) is 4.72 Å². The zero-order valence-electron chi connectivity index (χ0n) is 20.2. The summed E-state index contributed by atoms with van der Waals surface area (Å²) in [5.41, 5.74) is 3.57. The summed E-state index contributed by atoms with van der Waals surface area (Å²) in [6.45, 7) is 6.26. The van der Waals surface area contributed by atoms with Gasteiger partial charge in [-0.2, -0.15) is 4.72 Å². The minimum absolute atomic E-state index is 0.0416. The lowest BCUT2D eigenvalue weighted by Gasteiger charge is -2.21. The highest BCUT2D eigenvalue weighted by molar-refractivity contribution is 7.89. The Labute approximate surface area is 212 Å². The molecule has 1 unspecified atom stereocenters. The summed E-state index contributed by atoms with van der Waals surface area (Å²) in [7, 11) is -4.05. The highest BCUT2D eigenvalue weighted by Gasteiger charge is 2.27. The Kier molecular flexibility index (Phi) is 9.32. The maximum absolute atomic E-state index is 13.5. The average molecular weight is 515 g/mol. The van der Waals surface area contributed by atoms with Gasteiger partial charge in [0.05, 0.1) is 16.5 Å². The third-order valence-corrected chi connectivity index (χ3v) is 7.42. The normalized spacial score (nSPS) is 12.2. The van der Waals surface area contributed by atoms with Gasteiger partial charge < -0.3 is 10.1 Å². The molecule has 0 aliphatic carbocycles. The van der Waals surface area contributed by atoms with E-state index in [-0.39, 0.29) is 16.3 Å². The number of carbonyl (C=O) groups is 1. The Hall–Kier alpha value is -2.87. The van der Waals surface area contributed by atoms with E-state index in [1.165, 1.54) is 18.2 Å². The summed E-state index contributed by atoms with van der Waals surface area (Å²) in [4.78, 5) is 13.4. The second kappa shape index (κ2) is 12.2. The summed E-state index contributed by atoms with van der Waals surface area (Å²) in [5, 5.41) is 3.18. The Balaban J connectivity index is 1.93. The average Bonchev–Trinajstić information content (AvgIpc) is 2.85. The number of aryl methyl sites for hydroxylation is 2. The van der Waals surface area contributed by atoms with Crippen molar-refractivity contribution in [3.63, 3.8) is 0 Å². The predicted octanol–water partition coefficient (Wildman–Crippen LogP) is 5.39. The second-order valence-electron chi connectivity index (χ2n) is 8.04. The van der Waals surface area contributed by atoms with E-state index in [0.29, 0.717) is 12.4 Å². The third kappa shape index (κ3) is 6.84. The minimum atomic E-state index is -4.05. The maximum Gasteiger partial charge on any atom is 0.242 e. The number of benzene rings is 3. The number of sulfonamides is 1. The number of hydrogen-bond acceptors (Lipinski definition) is 4. The molecule has 1 atom stereocenters. The molecule has 35 heavy (non-hydrogen) atoms. The first-order valence-corrected chi connectivity index (χ1v) is 13.5. The lowest BCUT2D eigenvalue weighted by atomic mass is 10.0. The van der Waals surface area contributed by atoms with Gasteiger partial charge in [0.25, 0.3) is 0 Å². The fourth-order valence-corrected chi connectivity index (χ4v) is 5.35. The predicted molar refractivity (Wildman–Crippen MR) is 141 cm³/mol. The first-order valence-electron chi connectivity index (χ1n) is 11.7. The fraction of sp³-hybridized carbons (Fsp3) is 0.296. The topological polar surface area (TPSA) is 84.5 Å². The minimum Gasteiger partial charge on any atom is -0.492 e. The van der Waals surface area contributed by atoms with Gasteiger partial charge in [0.2, 0.25) is 15.9 Å². The lowest BCUT2D eigenvalue weighted by molar-refractivity contribution is -0.117.